The van der Waals surface area contributed by atoms with Crippen molar-refractivity contribution < 1.29 is 4.42 Å². The van der Waals surface area contributed by atoms with Crippen molar-refractivity contribution in [3.63, 3.8) is 0 Å². The molecule has 0 atom stereocenters. The monoisotopic (exact) mass is 683 g/mol. The maximum absolute atomic E-state index is 6.62. The lowest BCUT2D eigenvalue weighted by atomic mass is 9.98. The standard InChI is InChI=1S/C47H33N3OSi/c1-52(2)42-27-25-34(31-16-8-4-9-17-31)29-40(42)36-21-13-23-38(44(36)52)47-49-45(32-18-10-5-11-19-32)48-46(50-47)37-22-12-20-35-39-28-33(30-14-6-3-7-15-30)24-26-41(39)51-43(35)37/h3-29H,1-2H3. The molecule has 0 N–H and O–H groups in total. The van der Waals surface area contributed by atoms with Gasteiger partial charge < -0.3 is 4.42 Å². The molecule has 0 unspecified atom stereocenters. The van der Waals surface area contributed by atoms with E-state index in [1.165, 1.54) is 38.2 Å². The minimum Gasteiger partial charge on any atom is -0.455 e. The van der Waals surface area contributed by atoms with Crippen molar-refractivity contribution in [3.8, 4) is 67.5 Å². The van der Waals surface area contributed by atoms with Crippen LogP contribution in [-0.4, -0.2) is 23.0 Å². The third-order valence-electron chi connectivity index (χ3n) is 10.5. The number of rotatable bonds is 5. The third-order valence-corrected chi connectivity index (χ3v) is 14.1. The fraction of sp³-hybridized carbons (Fsp3) is 0.0426. The van der Waals surface area contributed by atoms with E-state index in [9.17, 15) is 0 Å². The summed E-state index contributed by atoms with van der Waals surface area (Å²) in [6, 6.07) is 57.6. The number of hydrogen-bond acceptors (Lipinski definition) is 4. The molecule has 1 aliphatic rings. The molecule has 0 fully saturated rings. The van der Waals surface area contributed by atoms with E-state index < -0.39 is 8.07 Å². The number of nitrogens with zero attached hydrogens (tertiary/aromatic N) is 3. The van der Waals surface area contributed by atoms with Crippen molar-refractivity contribution in [1.82, 2.24) is 15.0 Å². The van der Waals surface area contributed by atoms with Gasteiger partial charge in [-0.1, -0.05) is 153 Å². The van der Waals surface area contributed by atoms with Gasteiger partial charge in [-0.2, -0.15) is 0 Å². The Bertz CT molecular complexity index is 2810. The van der Waals surface area contributed by atoms with E-state index in [1.807, 2.05) is 24.3 Å². The molecule has 3 heterocycles. The predicted octanol–water partition coefficient (Wildman–Crippen LogP) is 10.9. The zero-order chi connectivity index (χ0) is 34.8. The average Bonchev–Trinajstić information content (AvgIpc) is 3.70. The van der Waals surface area contributed by atoms with Crippen LogP contribution < -0.4 is 10.4 Å². The Morgan fingerprint density at radius 3 is 1.67 bits per heavy atom. The van der Waals surface area contributed by atoms with Crippen LogP contribution in [0.5, 0.6) is 0 Å². The number of fused-ring (bicyclic) bond motifs is 6. The molecule has 0 saturated heterocycles. The summed E-state index contributed by atoms with van der Waals surface area (Å²) in [7, 11) is -2.14. The third kappa shape index (κ3) is 4.85. The Labute approximate surface area is 303 Å². The Kier molecular flexibility index (Phi) is 6.91. The highest BCUT2D eigenvalue weighted by atomic mass is 28.3. The number of aromatic nitrogens is 3. The quantitative estimate of drug-likeness (QED) is 0.169. The summed E-state index contributed by atoms with van der Waals surface area (Å²) in [5.74, 6) is 1.91. The minimum absolute atomic E-state index is 0.593. The van der Waals surface area contributed by atoms with Crippen molar-refractivity contribution in [3.05, 3.63) is 164 Å². The van der Waals surface area contributed by atoms with E-state index in [0.717, 1.165) is 44.2 Å². The fourth-order valence-corrected chi connectivity index (χ4v) is 11.4. The molecule has 1 aliphatic heterocycles. The van der Waals surface area contributed by atoms with Crippen LogP contribution in [0.2, 0.25) is 13.1 Å². The maximum Gasteiger partial charge on any atom is 0.167 e. The van der Waals surface area contributed by atoms with Crippen molar-refractivity contribution in [2.24, 2.45) is 0 Å². The van der Waals surface area contributed by atoms with Crippen LogP contribution in [0.25, 0.3) is 89.5 Å². The maximum atomic E-state index is 6.62. The van der Waals surface area contributed by atoms with Crippen LogP contribution >= 0.6 is 0 Å². The summed E-state index contributed by atoms with van der Waals surface area (Å²) in [5.41, 5.74) is 11.8. The Morgan fingerprint density at radius 1 is 0.404 bits per heavy atom. The van der Waals surface area contributed by atoms with Gasteiger partial charge in [-0.05, 0) is 68.0 Å². The first-order valence-corrected chi connectivity index (χ1v) is 20.7. The highest BCUT2D eigenvalue weighted by Gasteiger charge is 2.40. The molecule has 0 radical (unpaired) electrons. The van der Waals surface area contributed by atoms with Crippen molar-refractivity contribution in [2.75, 3.05) is 0 Å². The van der Waals surface area contributed by atoms with Gasteiger partial charge in [0.05, 0.1) is 5.56 Å². The molecule has 0 spiro atoms. The number of benzene rings is 7. The molecule has 52 heavy (non-hydrogen) atoms. The molecule has 10 rings (SSSR count). The van der Waals surface area contributed by atoms with Gasteiger partial charge in [0.1, 0.15) is 19.2 Å². The van der Waals surface area contributed by atoms with Crippen LogP contribution in [0, 0.1) is 0 Å². The van der Waals surface area contributed by atoms with Gasteiger partial charge in [0.15, 0.2) is 17.5 Å². The summed E-state index contributed by atoms with van der Waals surface area (Å²) in [6.07, 6.45) is 0. The zero-order valence-electron chi connectivity index (χ0n) is 28.8. The Balaban J connectivity index is 1.17. The lowest BCUT2D eigenvalue weighted by Gasteiger charge is -2.22. The van der Waals surface area contributed by atoms with E-state index in [-0.39, 0.29) is 0 Å². The predicted molar refractivity (Wildman–Crippen MR) is 216 cm³/mol. The van der Waals surface area contributed by atoms with E-state index in [2.05, 4.69) is 153 Å². The van der Waals surface area contributed by atoms with Gasteiger partial charge in [-0.15, -0.1) is 0 Å². The molecule has 5 heteroatoms. The molecule has 0 amide bonds. The van der Waals surface area contributed by atoms with E-state index in [0.29, 0.717) is 17.5 Å². The molecule has 0 bridgehead atoms. The highest BCUT2D eigenvalue weighted by Crippen LogP contribution is 2.39. The molecular formula is C47H33N3OSi. The first-order chi connectivity index (χ1) is 25.5. The van der Waals surface area contributed by atoms with Crippen LogP contribution in [0.4, 0.5) is 0 Å². The Morgan fingerprint density at radius 2 is 0.962 bits per heavy atom. The summed E-state index contributed by atoms with van der Waals surface area (Å²) in [5, 5.41) is 4.90. The molecular weight excluding hydrogens is 651 g/mol. The van der Waals surface area contributed by atoms with Crippen LogP contribution in [-0.2, 0) is 0 Å². The first-order valence-electron chi connectivity index (χ1n) is 17.7. The summed E-state index contributed by atoms with van der Waals surface area (Å²) in [4.78, 5) is 15.6. The minimum atomic E-state index is -2.14. The molecule has 2 aromatic heterocycles. The molecule has 246 valence electrons. The second-order valence-corrected chi connectivity index (χ2v) is 18.3. The van der Waals surface area contributed by atoms with Gasteiger partial charge in [0.25, 0.3) is 0 Å². The Hall–Kier alpha value is -6.43. The summed E-state index contributed by atoms with van der Waals surface area (Å²) < 4.78 is 6.62. The molecule has 9 aromatic rings. The zero-order valence-corrected chi connectivity index (χ0v) is 29.8. The number of para-hydroxylation sites is 1. The van der Waals surface area contributed by atoms with Gasteiger partial charge in [-0.25, -0.2) is 15.0 Å². The lowest BCUT2D eigenvalue weighted by Crippen LogP contribution is -2.50. The van der Waals surface area contributed by atoms with Crippen molar-refractivity contribution in [2.45, 2.75) is 13.1 Å². The van der Waals surface area contributed by atoms with Crippen LogP contribution in [0.15, 0.2) is 168 Å². The van der Waals surface area contributed by atoms with Crippen LogP contribution in [0.3, 0.4) is 0 Å². The fourth-order valence-electron chi connectivity index (χ4n) is 8.01. The molecule has 0 saturated carbocycles. The smallest absolute Gasteiger partial charge is 0.167 e. The largest absolute Gasteiger partial charge is 0.455 e. The highest BCUT2D eigenvalue weighted by molar-refractivity contribution is 7.04. The normalized spacial score (nSPS) is 13.0. The van der Waals surface area contributed by atoms with Gasteiger partial charge >= 0.3 is 0 Å². The summed E-state index contributed by atoms with van der Waals surface area (Å²) >= 11 is 0. The van der Waals surface area contributed by atoms with Gasteiger partial charge in [0.2, 0.25) is 0 Å². The lowest BCUT2D eigenvalue weighted by molar-refractivity contribution is 0.669. The number of furan rings is 1. The number of hydrogen-bond donors (Lipinski definition) is 0. The van der Waals surface area contributed by atoms with E-state index in [4.69, 9.17) is 19.4 Å². The average molecular weight is 684 g/mol. The second kappa shape index (κ2) is 11.8. The van der Waals surface area contributed by atoms with Gasteiger partial charge in [-0.3, -0.25) is 0 Å². The topological polar surface area (TPSA) is 51.8 Å². The molecule has 0 aliphatic carbocycles. The van der Waals surface area contributed by atoms with E-state index >= 15 is 0 Å². The van der Waals surface area contributed by atoms with Crippen LogP contribution in [0.1, 0.15) is 0 Å². The summed E-state index contributed by atoms with van der Waals surface area (Å²) in [6.45, 7) is 4.89. The molecule has 4 nitrogen and oxygen atoms in total. The van der Waals surface area contributed by atoms with Crippen molar-refractivity contribution >= 4 is 40.4 Å². The second-order valence-electron chi connectivity index (χ2n) is 14.0. The SMILES string of the molecule is C[Si]1(C)c2ccc(-c3ccccc3)cc2-c2cccc(-c3nc(-c4ccccc4)nc(-c4cccc5c4oc4ccc(-c6ccccc6)cc45)n3)c21. The first kappa shape index (κ1) is 30.4. The van der Waals surface area contributed by atoms with Gasteiger partial charge in [0, 0.05) is 21.9 Å². The van der Waals surface area contributed by atoms with E-state index in [1.54, 1.807) is 0 Å². The molecule has 7 aromatic carbocycles. The van der Waals surface area contributed by atoms with Crippen molar-refractivity contribution in [1.29, 1.82) is 0 Å².